The quantitative estimate of drug-likeness (QED) is 0.722. The highest BCUT2D eigenvalue weighted by Gasteiger charge is 2.24. The van der Waals surface area contributed by atoms with Crippen LogP contribution in [-0.2, 0) is 11.2 Å². The minimum absolute atomic E-state index is 0.263. The van der Waals surface area contributed by atoms with Gasteiger partial charge >= 0.3 is 0 Å². The first-order valence-electron chi connectivity index (χ1n) is 9.82. The lowest BCUT2D eigenvalue weighted by molar-refractivity contribution is -0.118. The number of nitrogens with zero attached hydrogens (tertiary/aromatic N) is 3. The predicted octanol–water partition coefficient (Wildman–Crippen LogP) is 3.94. The number of benzene rings is 2. The molecule has 1 saturated heterocycles. The first kappa shape index (κ1) is 18.5. The lowest BCUT2D eigenvalue weighted by Gasteiger charge is -2.36. The zero-order valence-corrected chi connectivity index (χ0v) is 17.2. The second kappa shape index (κ2) is 8.44. The van der Waals surface area contributed by atoms with Crippen LogP contribution in [0.25, 0.3) is 0 Å². The summed E-state index contributed by atoms with van der Waals surface area (Å²) >= 11 is 3.54. The van der Waals surface area contributed by atoms with E-state index in [0.29, 0.717) is 6.42 Å². The van der Waals surface area contributed by atoms with Gasteiger partial charge in [0.15, 0.2) is 0 Å². The molecule has 0 spiro atoms. The Hall–Kier alpha value is -1.85. The molecule has 142 valence electrons. The van der Waals surface area contributed by atoms with Gasteiger partial charge in [0.25, 0.3) is 0 Å². The van der Waals surface area contributed by atoms with Gasteiger partial charge in [-0.1, -0.05) is 34.1 Å². The fourth-order valence-corrected chi connectivity index (χ4v) is 4.50. The van der Waals surface area contributed by atoms with Gasteiger partial charge < -0.3 is 9.80 Å². The third-order valence-electron chi connectivity index (χ3n) is 5.59. The fourth-order valence-electron chi connectivity index (χ4n) is 4.09. The molecule has 2 aliphatic heterocycles. The van der Waals surface area contributed by atoms with E-state index in [0.717, 1.165) is 62.3 Å². The maximum Gasteiger partial charge on any atom is 0.227 e. The predicted molar refractivity (Wildman–Crippen MR) is 115 cm³/mol. The lowest BCUT2D eigenvalue weighted by Crippen LogP contribution is -2.47. The number of rotatable bonds is 5. The van der Waals surface area contributed by atoms with E-state index in [9.17, 15) is 4.79 Å². The number of para-hydroxylation sites is 1. The molecule has 2 aromatic rings. The zero-order valence-electron chi connectivity index (χ0n) is 15.6. The van der Waals surface area contributed by atoms with Crippen LogP contribution in [0.3, 0.4) is 0 Å². The molecule has 2 aliphatic rings. The standard InChI is InChI=1S/C22H26BrN3O/c23-19-8-9-21-18(17-19)7-10-22(27)26(21)12-4-11-24-13-15-25(16-14-24)20-5-2-1-3-6-20/h1-3,5-6,8-9,17H,4,7,10-16H2. The fraction of sp³-hybridized carbons (Fsp3) is 0.409. The van der Waals surface area contributed by atoms with E-state index >= 15 is 0 Å². The number of carbonyl (C=O) groups is 1. The Labute approximate surface area is 169 Å². The van der Waals surface area contributed by atoms with E-state index in [1.165, 1.54) is 11.3 Å². The number of anilines is 2. The van der Waals surface area contributed by atoms with Gasteiger partial charge in [0.2, 0.25) is 5.91 Å². The van der Waals surface area contributed by atoms with Crippen LogP contribution in [0.5, 0.6) is 0 Å². The van der Waals surface area contributed by atoms with Gasteiger partial charge in [-0.15, -0.1) is 0 Å². The Morgan fingerprint density at radius 2 is 1.67 bits per heavy atom. The molecule has 5 heteroatoms. The van der Waals surface area contributed by atoms with Crippen LogP contribution >= 0.6 is 15.9 Å². The summed E-state index contributed by atoms with van der Waals surface area (Å²) in [5.41, 5.74) is 3.70. The van der Waals surface area contributed by atoms with Crippen LogP contribution in [0.1, 0.15) is 18.4 Å². The van der Waals surface area contributed by atoms with Gasteiger partial charge in [-0.25, -0.2) is 0 Å². The SMILES string of the molecule is O=C1CCc2cc(Br)ccc2N1CCCN1CCN(c2ccccc2)CC1. The maximum absolute atomic E-state index is 12.4. The molecule has 0 atom stereocenters. The zero-order chi connectivity index (χ0) is 18.6. The van der Waals surface area contributed by atoms with Crippen molar-refractivity contribution in [1.29, 1.82) is 0 Å². The number of fused-ring (bicyclic) bond motifs is 1. The van der Waals surface area contributed by atoms with E-state index in [1.54, 1.807) is 0 Å². The second-order valence-electron chi connectivity index (χ2n) is 7.34. The van der Waals surface area contributed by atoms with Crippen LogP contribution < -0.4 is 9.80 Å². The third kappa shape index (κ3) is 4.36. The number of amides is 1. The van der Waals surface area contributed by atoms with E-state index in [4.69, 9.17) is 0 Å². The van der Waals surface area contributed by atoms with Gasteiger partial charge in [-0.3, -0.25) is 9.69 Å². The molecular formula is C22H26BrN3O. The summed E-state index contributed by atoms with van der Waals surface area (Å²) in [5, 5.41) is 0. The molecule has 1 amide bonds. The van der Waals surface area contributed by atoms with Crippen molar-refractivity contribution in [2.75, 3.05) is 49.1 Å². The molecule has 1 fully saturated rings. The van der Waals surface area contributed by atoms with Crippen molar-refractivity contribution in [1.82, 2.24) is 4.90 Å². The summed E-state index contributed by atoms with van der Waals surface area (Å²) in [6, 6.07) is 16.9. The summed E-state index contributed by atoms with van der Waals surface area (Å²) in [6.45, 7) is 6.19. The summed E-state index contributed by atoms with van der Waals surface area (Å²) in [5.74, 6) is 0.263. The van der Waals surface area contributed by atoms with Crippen LogP contribution in [-0.4, -0.2) is 50.1 Å². The number of carbonyl (C=O) groups excluding carboxylic acids is 1. The molecule has 0 unspecified atom stereocenters. The van der Waals surface area contributed by atoms with Crippen molar-refractivity contribution < 1.29 is 4.79 Å². The highest BCUT2D eigenvalue weighted by Crippen LogP contribution is 2.30. The van der Waals surface area contributed by atoms with Crippen LogP contribution in [0.4, 0.5) is 11.4 Å². The molecule has 0 aromatic heterocycles. The molecule has 27 heavy (non-hydrogen) atoms. The summed E-state index contributed by atoms with van der Waals surface area (Å²) < 4.78 is 1.09. The Kier molecular flexibility index (Phi) is 5.79. The molecule has 2 aromatic carbocycles. The highest BCUT2D eigenvalue weighted by molar-refractivity contribution is 9.10. The summed E-state index contributed by atoms with van der Waals surface area (Å²) in [6.07, 6.45) is 2.50. The van der Waals surface area contributed by atoms with Gasteiger partial charge in [-0.05, 0) is 55.3 Å². The molecule has 0 N–H and O–H groups in total. The first-order valence-corrected chi connectivity index (χ1v) is 10.6. The van der Waals surface area contributed by atoms with Crippen molar-refractivity contribution in [3.63, 3.8) is 0 Å². The summed E-state index contributed by atoms with van der Waals surface area (Å²) in [7, 11) is 0. The van der Waals surface area contributed by atoms with Gasteiger partial charge in [0, 0.05) is 55.0 Å². The van der Waals surface area contributed by atoms with Crippen LogP contribution in [0.2, 0.25) is 0 Å². The molecule has 0 radical (unpaired) electrons. The topological polar surface area (TPSA) is 26.8 Å². The number of halogens is 1. The van der Waals surface area contributed by atoms with Crippen molar-refractivity contribution in [2.45, 2.75) is 19.3 Å². The number of hydrogen-bond acceptors (Lipinski definition) is 3. The molecule has 0 saturated carbocycles. The van der Waals surface area contributed by atoms with Crippen molar-refractivity contribution in [3.8, 4) is 0 Å². The Morgan fingerprint density at radius 3 is 2.44 bits per heavy atom. The maximum atomic E-state index is 12.4. The molecule has 0 bridgehead atoms. The average Bonchev–Trinajstić information content (AvgIpc) is 2.71. The number of hydrogen-bond donors (Lipinski definition) is 0. The monoisotopic (exact) mass is 427 g/mol. The second-order valence-corrected chi connectivity index (χ2v) is 8.25. The highest BCUT2D eigenvalue weighted by atomic mass is 79.9. The smallest absolute Gasteiger partial charge is 0.227 e. The Bertz CT molecular complexity index is 787. The number of aryl methyl sites for hydroxylation is 1. The molecule has 4 nitrogen and oxygen atoms in total. The van der Waals surface area contributed by atoms with Crippen molar-refractivity contribution in [3.05, 3.63) is 58.6 Å². The van der Waals surface area contributed by atoms with Gasteiger partial charge in [0.1, 0.15) is 0 Å². The third-order valence-corrected chi connectivity index (χ3v) is 6.08. The normalized spacial score (nSPS) is 17.9. The minimum atomic E-state index is 0.263. The van der Waals surface area contributed by atoms with Gasteiger partial charge in [-0.2, -0.15) is 0 Å². The Balaban J connectivity index is 1.28. The minimum Gasteiger partial charge on any atom is -0.369 e. The summed E-state index contributed by atoms with van der Waals surface area (Å²) in [4.78, 5) is 19.4. The van der Waals surface area contributed by atoms with E-state index in [-0.39, 0.29) is 5.91 Å². The molecule has 4 rings (SSSR count). The van der Waals surface area contributed by atoms with Crippen LogP contribution in [0.15, 0.2) is 53.0 Å². The van der Waals surface area contributed by atoms with E-state index in [1.807, 2.05) is 11.0 Å². The van der Waals surface area contributed by atoms with Crippen molar-refractivity contribution >= 4 is 33.2 Å². The molecule has 2 heterocycles. The van der Waals surface area contributed by atoms with E-state index in [2.05, 4.69) is 68.2 Å². The van der Waals surface area contributed by atoms with Gasteiger partial charge in [0.05, 0.1) is 0 Å². The van der Waals surface area contributed by atoms with E-state index < -0.39 is 0 Å². The average molecular weight is 428 g/mol. The molecule has 0 aliphatic carbocycles. The molecular weight excluding hydrogens is 402 g/mol. The van der Waals surface area contributed by atoms with Crippen molar-refractivity contribution in [2.24, 2.45) is 0 Å². The van der Waals surface area contributed by atoms with Crippen LogP contribution in [0, 0.1) is 0 Å². The lowest BCUT2D eigenvalue weighted by atomic mass is 10.0. The first-order chi connectivity index (χ1) is 13.2. The number of piperazine rings is 1. The largest absolute Gasteiger partial charge is 0.369 e. The Morgan fingerprint density at radius 1 is 0.889 bits per heavy atom.